The van der Waals surface area contributed by atoms with E-state index in [1.165, 1.54) is 7.11 Å². The van der Waals surface area contributed by atoms with Gasteiger partial charge >= 0.3 is 5.97 Å². The minimum Gasteiger partial charge on any atom is -0.493 e. The van der Waals surface area contributed by atoms with E-state index in [1.54, 1.807) is 72.8 Å². The highest BCUT2D eigenvalue weighted by Gasteiger charge is 2.32. The van der Waals surface area contributed by atoms with Crippen molar-refractivity contribution in [3.63, 3.8) is 0 Å². The summed E-state index contributed by atoms with van der Waals surface area (Å²) in [6.45, 7) is 0.201. The molecule has 4 aromatic carbocycles. The normalized spacial score (nSPS) is 14.0. The molecule has 0 amide bonds. The number of halogens is 2. The largest absolute Gasteiger partial charge is 0.493 e. The summed E-state index contributed by atoms with van der Waals surface area (Å²) in [4.78, 5) is 12.5. The lowest BCUT2D eigenvalue weighted by atomic mass is 9.83. The summed E-state index contributed by atoms with van der Waals surface area (Å²) < 4.78 is 22.9. The van der Waals surface area contributed by atoms with E-state index in [1.807, 2.05) is 12.1 Å². The standard InChI is InChI=1S/C31H22Cl2N2O5/c1-37-28-13-19(8-12-26(28)38-17-20-7-9-21(32)14-25(20)33)29-23-11-10-22(15-27(23)40-30(35)24(29)16-34)39-31(36)18-5-3-2-4-6-18/h2-15,29H,17,35H2,1H3. The molecule has 0 aromatic heterocycles. The average Bonchev–Trinajstić information content (AvgIpc) is 2.96. The van der Waals surface area contributed by atoms with E-state index in [0.29, 0.717) is 38.4 Å². The van der Waals surface area contributed by atoms with Crippen LogP contribution in [0.4, 0.5) is 0 Å². The highest BCUT2D eigenvalue weighted by Crippen LogP contribution is 2.45. The maximum atomic E-state index is 12.5. The van der Waals surface area contributed by atoms with Crippen LogP contribution in [0.5, 0.6) is 23.0 Å². The first-order chi connectivity index (χ1) is 19.4. The third kappa shape index (κ3) is 5.55. The number of benzene rings is 4. The Morgan fingerprint density at radius 3 is 2.52 bits per heavy atom. The van der Waals surface area contributed by atoms with Crippen molar-refractivity contribution in [3.8, 4) is 29.1 Å². The maximum absolute atomic E-state index is 12.5. The van der Waals surface area contributed by atoms with E-state index in [9.17, 15) is 10.1 Å². The van der Waals surface area contributed by atoms with Gasteiger partial charge in [-0.3, -0.25) is 0 Å². The average molecular weight is 573 g/mol. The van der Waals surface area contributed by atoms with Gasteiger partial charge in [-0.1, -0.05) is 59.6 Å². The molecular formula is C31H22Cl2N2O5. The Morgan fingerprint density at radius 2 is 1.80 bits per heavy atom. The van der Waals surface area contributed by atoms with Gasteiger partial charge in [-0.2, -0.15) is 5.26 Å². The number of nitrogens with two attached hydrogens (primary N) is 1. The lowest BCUT2D eigenvalue weighted by Crippen LogP contribution is -2.21. The van der Waals surface area contributed by atoms with Crippen molar-refractivity contribution in [1.82, 2.24) is 0 Å². The Kier molecular flexibility index (Phi) is 7.83. The van der Waals surface area contributed by atoms with Crippen molar-refractivity contribution in [1.29, 1.82) is 5.26 Å². The van der Waals surface area contributed by atoms with Crippen molar-refractivity contribution in [2.75, 3.05) is 7.11 Å². The van der Waals surface area contributed by atoms with Crippen LogP contribution >= 0.6 is 23.2 Å². The monoisotopic (exact) mass is 572 g/mol. The first-order valence-electron chi connectivity index (χ1n) is 12.1. The Balaban J connectivity index is 1.44. The number of esters is 1. The van der Waals surface area contributed by atoms with E-state index >= 15 is 0 Å². The zero-order valence-corrected chi connectivity index (χ0v) is 22.7. The molecule has 0 fully saturated rings. The van der Waals surface area contributed by atoms with Gasteiger partial charge in [0.05, 0.1) is 18.6 Å². The quantitative estimate of drug-likeness (QED) is 0.187. The van der Waals surface area contributed by atoms with Gasteiger partial charge in [0.1, 0.15) is 29.7 Å². The third-order valence-electron chi connectivity index (χ3n) is 6.33. The van der Waals surface area contributed by atoms with E-state index in [-0.39, 0.29) is 23.8 Å². The minimum atomic E-state index is -0.554. The molecule has 7 nitrogen and oxygen atoms in total. The summed E-state index contributed by atoms with van der Waals surface area (Å²) in [5.74, 6) is 0.500. The predicted octanol–water partition coefficient (Wildman–Crippen LogP) is 7.02. The second-order valence-electron chi connectivity index (χ2n) is 8.81. The highest BCUT2D eigenvalue weighted by atomic mass is 35.5. The Morgan fingerprint density at radius 1 is 1.00 bits per heavy atom. The van der Waals surface area contributed by atoms with Crippen LogP contribution in [0.2, 0.25) is 10.0 Å². The number of hydrogen-bond acceptors (Lipinski definition) is 7. The Hall–Kier alpha value is -4.64. The van der Waals surface area contributed by atoms with Crippen molar-refractivity contribution in [2.45, 2.75) is 12.5 Å². The number of rotatable bonds is 7. The van der Waals surface area contributed by atoms with Crippen LogP contribution in [0, 0.1) is 11.3 Å². The number of methoxy groups -OCH3 is 1. The number of allylic oxidation sites excluding steroid dienone is 1. The van der Waals surface area contributed by atoms with Gasteiger partial charge in [0, 0.05) is 27.2 Å². The van der Waals surface area contributed by atoms with Gasteiger partial charge in [-0.15, -0.1) is 0 Å². The van der Waals surface area contributed by atoms with Crippen molar-refractivity contribution in [3.05, 3.63) is 129 Å². The summed E-state index contributed by atoms with van der Waals surface area (Å²) in [6, 6.07) is 26.3. The van der Waals surface area contributed by atoms with Crippen LogP contribution in [-0.2, 0) is 6.61 Å². The topological polar surface area (TPSA) is 104 Å². The fourth-order valence-electron chi connectivity index (χ4n) is 4.36. The highest BCUT2D eigenvalue weighted by molar-refractivity contribution is 6.35. The molecule has 200 valence electrons. The van der Waals surface area contributed by atoms with E-state index < -0.39 is 11.9 Å². The van der Waals surface area contributed by atoms with Crippen LogP contribution in [0.3, 0.4) is 0 Å². The molecule has 40 heavy (non-hydrogen) atoms. The van der Waals surface area contributed by atoms with Crippen molar-refractivity contribution in [2.24, 2.45) is 5.73 Å². The molecule has 9 heteroatoms. The first-order valence-corrected chi connectivity index (χ1v) is 12.9. The molecule has 0 saturated carbocycles. The van der Waals surface area contributed by atoms with Crippen molar-refractivity contribution >= 4 is 29.2 Å². The summed E-state index contributed by atoms with van der Waals surface area (Å²) in [5.41, 5.74) is 8.99. The molecular weight excluding hydrogens is 551 g/mol. The molecule has 1 unspecified atom stereocenters. The molecule has 1 aliphatic rings. The van der Waals surface area contributed by atoms with E-state index in [2.05, 4.69) is 6.07 Å². The third-order valence-corrected chi connectivity index (χ3v) is 6.92. The van der Waals surface area contributed by atoms with Crippen LogP contribution in [0.25, 0.3) is 0 Å². The van der Waals surface area contributed by atoms with Gasteiger partial charge in [0.2, 0.25) is 5.88 Å². The summed E-state index contributed by atoms with van der Waals surface area (Å²) in [6.07, 6.45) is 0. The smallest absolute Gasteiger partial charge is 0.343 e. The number of carbonyl (C=O) groups is 1. The van der Waals surface area contributed by atoms with Gasteiger partial charge in [0.25, 0.3) is 0 Å². The van der Waals surface area contributed by atoms with Crippen LogP contribution in [-0.4, -0.2) is 13.1 Å². The molecule has 0 spiro atoms. The number of hydrogen-bond donors (Lipinski definition) is 1. The molecule has 1 aliphatic heterocycles. The molecule has 1 heterocycles. The van der Waals surface area contributed by atoms with Crippen molar-refractivity contribution < 1.29 is 23.7 Å². The molecule has 0 bridgehead atoms. The summed E-state index contributed by atoms with van der Waals surface area (Å²) in [7, 11) is 1.53. The van der Waals surface area contributed by atoms with Gasteiger partial charge < -0.3 is 24.7 Å². The van der Waals surface area contributed by atoms with Gasteiger partial charge in [-0.05, 0) is 48.0 Å². The van der Waals surface area contributed by atoms with Crippen LogP contribution in [0.1, 0.15) is 33.0 Å². The molecule has 0 aliphatic carbocycles. The number of nitriles is 1. The molecule has 0 radical (unpaired) electrons. The van der Waals surface area contributed by atoms with Gasteiger partial charge in [-0.25, -0.2) is 4.79 Å². The Labute approximate surface area is 240 Å². The minimum absolute atomic E-state index is 0.0387. The maximum Gasteiger partial charge on any atom is 0.343 e. The summed E-state index contributed by atoms with van der Waals surface area (Å²) >= 11 is 12.3. The molecule has 0 saturated heterocycles. The number of fused-ring (bicyclic) bond motifs is 1. The zero-order chi connectivity index (χ0) is 28.2. The molecule has 4 aromatic rings. The van der Waals surface area contributed by atoms with Crippen LogP contribution in [0.15, 0.2) is 96.4 Å². The van der Waals surface area contributed by atoms with Gasteiger partial charge in [0.15, 0.2) is 11.5 Å². The SMILES string of the molecule is COc1cc(C2C(C#N)=C(N)Oc3cc(OC(=O)c4ccccc4)ccc32)ccc1OCc1ccc(Cl)cc1Cl. The second-order valence-corrected chi connectivity index (χ2v) is 9.66. The Bertz CT molecular complexity index is 1660. The molecule has 2 N–H and O–H groups in total. The summed E-state index contributed by atoms with van der Waals surface area (Å²) in [5, 5.41) is 11.0. The predicted molar refractivity (Wildman–Crippen MR) is 151 cm³/mol. The number of ether oxygens (including phenoxy) is 4. The fraction of sp³-hybridized carbons (Fsp3) is 0.0968. The lowest BCUT2D eigenvalue weighted by Gasteiger charge is -2.27. The second kappa shape index (κ2) is 11.6. The first kappa shape index (κ1) is 26.9. The van der Waals surface area contributed by atoms with E-state index in [4.69, 9.17) is 47.9 Å². The fourth-order valence-corrected chi connectivity index (χ4v) is 4.82. The number of carbonyl (C=O) groups excluding carboxylic acids is 1. The van der Waals surface area contributed by atoms with E-state index in [0.717, 1.165) is 11.1 Å². The molecule has 1 atom stereocenters. The molecule has 5 rings (SSSR count). The van der Waals surface area contributed by atoms with Crippen LogP contribution < -0.4 is 24.7 Å². The number of nitrogens with zero attached hydrogens (tertiary/aromatic N) is 1. The zero-order valence-electron chi connectivity index (χ0n) is 21.2. The lowest BCUT2D eigenvalue weighted by molar-refractivity contribution is 0.0734.